The van der Waals surface area contributed by atoms with Gasteiger partial charge in [0, 0.05) is 13.1 Å². The molecule has 4 nitrogen and oxygen atoms in total. The van der Waals surface area contributed by atoms with Crippen LogP contribution in [0.3, 0.4) is 0 Å². The third kappa shape index (κ3) is 4.97. The van der Waals surface area contributed by atoms with E-state index in [2.05, 4.69) is 22.0 Å². The van der Waals surface area contributed by atoms with Gasteiger partial charge in [-0.2, -0.15) is 0 Å². The number of aryl methyl sites for hydroxylation is 1. The number of hydrogen-bond acceptors (Lipinski definition) is 3. The van der Waals surface area contributed by atoms with Crippen LogP contribution in [0, 0.1) is 6.92 Å². The molecule has 0 bridgehead atoms. The number of likely N-dealkylation sites (tertiary alicyclic amines) is 1. The molecule has 0 unspecified atom stereocenters. The summed E-state index contributed by atoms with van der Waals surface area (Å²) in [6.45, 7) is 9.71. The van der Waals surface area contributed by atoms with Crippen molar-refractivity contribution >= 4 is 23.2 Å². The second-order valence-electron chi connectivity index (χ2n) is 5.90. The Hall–Kier alpha value is -1.10. The van der Waals surface area contributed by atoms with Gasteiger partial charge in [0.15, 0.2) is 0 Å². The van der Waals surface area contributed by atoms with Crippen molar-refractivity contribution in [1.29, 1.82) is 0 Å². The van der Waals surface area contributed by atoms with E-state index in [0.29, 0.717) is 11.6 Å². The van der Waals surface area contributed by atoms with Gasteiger partial charge in [-0.05, 0) is 51.0 Å². The molecule has 0 aromatic heterocycles. The lowest BCUT2D eigenvalue weighted by atomic mass is 10.2. The third-order valence-electron chi connectivity index (χ3n) is 4.23. The molecule has 5 heteroatoms. The summed E-state index contributed by atoms with van der Waals surface area (Å²) in [6, 6.07) is 5.64. The molecule has 1 aromatic rings. The van der Waals surface area contributed by atoms with Gasteiger partial charge in [-0.25, -0.2) is 0 Å². The second-order valence-corrected chi connectivity index (χ2v) is 6.30. The van der Waals surface area contributed by atoms with Crippen LogP contribution in [-0.4, -0.2) is 55.0 Å². The fourth-order valence-electron chi connectivity index (χ4n) is 2.81. The number of para-hydroxylation sites is 1. The Morgan fingerprint density at radius 3 is 2.73 bits per heavy atom. The fourth-order valence-corrected chi connectivity index (χ4v) is 3.08. The number of nitrogens with one attached hydrogen (secondary N) is 1. The molecule has 1 saturated heterocycles. The number of hydrogen-bond donors (Lipinski definition) is 1. The van der Waals surface area contributed by atoms with E-state index in [9.17, 15) is 4.79 Å². The number of benzene rings is 1. The Morgan fingerprint density at radius 1 is 1.36 bits per heavy atom. The van der Waals surface area contributed by atoms with Crippen molar-refractivity contribution in [3.05, 3.63) is 28.8 Å². The lowest BCUT2D eigenvalue weighted by Crippen LogP contribution is -2.38. The normalized spacial score (nSPS) is 15.5. The molecule has 0 saturated carbocycles. The number of likely N-dealkylation sites (N-methyl/N-ethyl adjacent to an activating group) is 1. The maximum absolute atomic E-state index is 12.3. The SMILES string of the molecule is CCN(CCN1CCCC1)CC(=O)Nc1c(C)cccc1Cl. The molecule has 1 fully saturated rings. The summed E-state index contributed by atoms with van der Waals surface area (Å²) in [7, 11) is 0. The first kappa shape index (κ1) is 17.3. The summed E-state index contributed by atoms with van der Waals surface area (Å²) < 4.78 is 0. The highest BCUT2D eigenvalue weighted by atomic mass is 35.5. The van der Waals surface area contributed by atoms with Crippen molar-refractivity contribution in [3.63, 3.8) is 0 Å². The van der Waals surface area contributed by atoms with E-state index in [0.717, 1.165) is 30.9 Å². The Labute approximate surface area is 138 Å². The van der Waals surface area contributed by atoms with Gasteiger partial charge in [-0.3, -0.25) is 9.69 Å². The average Bonchev–Trinajstić information content (AvgIpc) is 3.01. The number of amides is 1. The summed E-state index contributed by atoms with van der Waals surface area (Å²) >= 11 is 6.16. The summed E-state index contributed by atoms with van der Waals surface area (Å²) in [5, 5.41) is 3.54. The quantitative estimate of drug-likeness (QED) is 0.838. The summed E-state index contributed by atoms with van der Waals surface area (Å²) in [4.78, 5) is 16.9. The van der Waals surface area contributed by atoms with Crippen molar-refractivity contribution < 1.29 is 4.79 Å². The van der Waals surface area contributed by atoms with Gasteiger partial charge in [0.25, 0.3) is 0 Å². The Kier molecular flexibility index (Phi) is 6.68. The molecular formula is C17H26ClN3O. The summed E-state index contributed by atoms with van der Waals surface area (Å²) in [6.07, 6.45) is 2.61. The molecule has 0 aliphatic carbocycles. The number of nitrogens with zero attached hydrogens (tertiary/aromatic N) is 2. The first-order valence-corrected chi connectivity index (χ1v) is 8.47. The molecule has 1 aliphatic rings. The summed E-state index contributed by atoms with van der Waals surface area (Å²) in [5.41, 5.74) is 1.71. The Morgan fingerprint density at radius 2 is 2.09 bits per heavy atom. The van der Waals surface area contributed by atoms with Crippen LogP contribution in [0.15, 0.2) is 18.2 Å². The minimum Gasteiger partial charge on any atom is -0.323 e. The topological polar surface area (TPSA) is 35.6 Å². The maximum Gasteiger partial charge on any atom is 0.238 e. The second kappa shape index (κ2) is 8.51. The molecule has 1 aliphatic heterocycles. The van der Waals surface area contributed by atoms with Crippen molar-refractivity contribution in [1.82, 2.24) is 9.80 Å². The zero-order valence-electron chi connectivity index (χ0n) is 13.6. The fraction of sp³-hybridized carbons (Fsp3) is 0.588. The van der Waals surface area contributed by atoms with Crippen LogP contribution in [0.4, 0.5) is 5.69 Å². The van der Waals surface area contributed by atoms with Crippen LogP contribution in [0.1, 0.15) is 25.3 Å². The smallest absolute Gasteiger partial charge is 0.238 e. The number of halogens is 1. The predicted molar refractivity (Wildman–Crippen MR) is 92.6 cm³/mol. The molecule has 1 N–H and O–H groups in total. The molecule has 1 aromatic carbocycles. The van der Waals surface area contributed by atoms with Gasteiger partial charge >= 0.3 is 0 Å². The molecule has 22 heavy (non-hydrogen) atoms. The number of carbonyl (C=O) groups excluding carboxylic acids is 1. The van der Waals surface area contributed by atoms with Crippen LogP contribution in [0.25, 0.3) is 0 Å². The summed E-state index contributed by atoms with van der Waals surface area (Å²) in [5.74, 6) is -0.000489. The van der Waals surface area contributed by atoms with E-state index in [4.69, 9.17) is 11.6 Å². The molecule has 2 rings (SSSR count). The minimum atomic E-state index is -0.000489. The standard InChI is InChI=1S/C17H26ClN3O/c1-3-20(11-12-21-9-4-5-10-21)13-16(22)19-17-14(2)7-6-8-15(17)18/h6-8H,3-5,9-13H2,1-2H3,(H,19,22). The van der Waals surface area contributed by atoms with Gasteiger partial charge < -0.3 is 10.2 Å². The number of anilines is 1. The van der Waals surface area contributed by atoms with Crippen molar-refractivity contribution in [3.8, 4) is 0 Å². The molecule has 0 spiro atoms. The van der Waals surface area contributed by atoms with Gasteiger partial charge in [-0.15, -0.1) is 0 Å². The number of carbonyl (C=O) groups is 1. The lowest BCUT2D eigenvalue weighted by Gasteiger charge is -2.23. The van der Waals surface area contributed by atoms with Crippen LogP contribution < -0.4 is 5.32 Å². The zero-order chi connectivity index (χ0) is 15.9. The highest BCUT2D eigenvalue weighted by Crippen LogP contribution is 2.25. The highest BCUT2D eigenvalue weighted by molar-refractivity contribution is 6.33. The van der Waals surface area contributed by atoms with Crippen LogP contribution in [0.5, 0.6) is 0 Å². The van der Waals surface area contributed by atoms with E-state index in [-0.39, 0.29) is 5.91 Å². The first-order chi connectivity index (χ1) is 10.6. The first-order valence-electron chi connectivity index (χ1n) is 8.10. The monoisotopic (exact) mass is 323 g/mol. The molecule has 0 radical (unpaired) electrons. The van der Waals surface area contributed by atoms with Crippen molar-refractivity contribution in [2.45, 2.75) is 26.7 Å². The van der Waals surface area contributed by atoms with E-state index >= 15 is 0 Å². The molecular weight excluding hydrogens is 298 g/mol. The van der Waals surface area contributed by atoms with Crippen molar-refractivity contribution in [2.75, 3.05) is 44.6 Å². The minimum absolute atomic E-state index is 0.000489. The van der Waals surface area contributed by atoms with Gasteiger partial charge in [0.05, 0.1) is 17.3 Å². The van der Waals surface area contributed by atoms with Gasteiger partial charge in [0.2, 0.25) is 5.91 Å². The third-order valence-corrected chi connectivity index (χ3v) is 4.55. The Balaban J connectivity index is 1.83. The van der Waals surface area contributed by atoms with E-state index in [1.54, 1.807) is 6.07 Å². The van der Waals surface area contributed by atoms with Crippen LogP contribution in [-0.2, 0) is 4.79 Å². The lowest BCUT2D eigenvalue weighted by molar-refractivity contribution is -0.117. The average molecular weight is 324 g/mol. The molecule has 122 valence electrons. The molecule has 1 amide bonds. The Bertz CT molecular complexity index is 480. The van der Waals surface area contributed by atoms with Gasteiger partial charge in [-0.1, -0.05) is 30.7 Å². The molecule has 1 heterocycles. The zero-order valence-corrected chi connectivity index (χ0v) is 14.3. The highest BCUT2D eigenvalue weighted by Gasteiger charge is 2.15. The van der Waals surface area contributed by atoms with E-state index < -0.39 is 0 Å². The van der Waals surface area contributed by atoms with Crippen LogP contribution >= 0.6 is 11.6 Å². The largest absolute Gasteiger partial charge is 0.323 e. The van der Waals surface area contributed by atoms with E-state index in [1.165, 1.54) is 25.9 Å². The van der Waals surface area contributed by atoms with Crippen molar-refractivity contribution in [2.24, 2.45) is 0 Å². The number of rotatable bonds is 7. The maximum atomic E-state index is 12.3. The van der Waals surface area contributed by atoms with Crippen LogP contribution in [0.2, 0.25) is 5.02 Å². The molecule has 0 atom stereocenters. The van der Waals surface area contributed by atoms with E-state index in [1.807, 2.05) is 19.1 Å². The van der Waals surface area contributed by atoms with Gasteiger partial charge in [0.1, 0.15) is 0 Å². The predicted octanol–water partition coefficient (Wildman–Crippen LogP) is 3.00.